The van der Waals surface area contributed by atoms with Gasteiger partial charge in [0.25, 0.3) is 11.5 Å². The Morgan fingerprint density at radius 2 is 1.97 bits per heavy atom. The van der Waals surface area contributed by atoms with Crippen LogP contribution in [0, 0.1) is 5.41 Å². The van der Waals surface area contributed by atoms with Gasteiger partial charge in [-0.1, -0.05) is 13.8 Å². The van der Waals surface area contributed by atoms with Crippen LogP contribution in [0.1, 0.15) is 44.7 Å². The van der Waals surface area contributed by atoms with E-state index < -0.39 is 22.8 Å². The maximum absolute atomic E-state index is 13.7. The van der Waals surface area contributed by atoms with Crippen LogP contribution in [0.25, 0.3) is 5.65 Å². The van der Waals surface area contributed by atoms with Gasteiger partial charge in [0.15, 0.2) is 5.65 Å². The minimum Gasteiger partial charge on any atom is -0.370 e. The molecule has 0 bridgehead atoms. The molecule has 0 radical (unpaired) electrons. The summed E-state index contributed by atoms with van der Waals surface area (Å²) in [6.07, 6.45) is 3.97. The zero-order chi connectivity index (χ0) is 23.4. The summed E-state index contributed by atoms with van der Waals surface area (Å²) in [5.74, 6) is -2.96. The average molecular weight is 457 g/mol. The normalized spacial score (nSPS) is 18.8. The van der Waals surface area contributed by atoms with Crippen LogP contribution in [0.2, 0.25) is 0 Å². The van der Waals surface area contributed by atoms with E-state index in [1.54, 1.807) is 22.7 Å². The lowest BCUT2D eigenvalue weighted by Gasteiger charge is -2.35. The lowest BCUT2D eigenvalue weighted by atomic mass is 9.92. The zero-order valence-electron chi connectivity index (χ0n) is 18.5. The fraction of sp³-hybridized carbons (Fsp3) is 0.500. The standard InChI is InChI=1S/C22H25F2N7O2/c1-14(2)20-16(29-7-5-21(6-8-29)12-22(21,23)24)9-19(33)31(28-20)11-18(32)26-15-3-4-17-27-25-13-30(17)10-15/h3-4,9-10,13-14H,5-8,11-12H2,1-2H3,(H,26,32). The second-order valence-electron chi connectivity index (χ2n) is 9.28. The van der Waals surface area contributed by atoms with Crippen molar-refractivity contribution in [2.24, 2.45) is 5.41 Å². The van der Waals surface area contributed by atoms with Gasteiger partial charge in [0.1, 0.15) is 12.9 Å². The average Bonchev–Trinajstić information content (AvgIpc) is 3.08. The molecule has 5 rings (SSSR count). The highest BCUT2D eigenvalue weighted by Gasteiger charge is 2.70. The van der Waals surface area contributed by atoms with E-state index in [4.69, 9.17) is 0 Å². The molecule has 1 N–H and O–H groups in total. The van der Waals surface area contributed by atoms with Crippen LogP contribution in [-0.2, 0) is 11.3 Å². The molecule has 4 heterocycles. The molecule has 1 saturated heterocycles. The van der Waals surface area contributed by atoms with E-state index in [2.05, 4.69) is 20.6 Å². The Balaban J connectivity index is 1.32. The summed E-state index contributed by atoms with van der Waals surface area (Å²) in [6, 6.07) is 4.90. The molecule has 9 nitrogen and oxygen atoms in total. The summed E-state index contributed by atoms with van der Waals surface area (Å²) in [5.41, 5.74) is 1.26. The number of nitrogens with zero attached hydrogens (tertiary/aromatic N) is 6. The Hall–Kier alpha value is -3.37. The van der Waals surface area contributed by atoms with Gasteiger partial charge < -0.3 is 10.2 Å². The van der Waals surface area contributed by atoms with Crippen LogP contribution in [-0.4, -0.2) is 49.3 Å². The molecule has 2 aliphatic rings. The van der Waals surface area contributed by atoms with Crippen LogP contribution in [0.3, 0.4) is 0 Å². The molecule has 0 atom stereocenters. The first-order valence-electron chi connectivity index (χ1n) is 11.0. The zero-order valence-corrected chi connectivity index (χ0v) is 18.5. The molecule has 2 fully saturated rings. The Kier molecular flexibility index (Phi) is 4.95. The lowest BCUT2D eigenvalue weighted by Crippen LogP contribution is -2.39. The number of halogens is 2. The summed E-state index contributed by atoms with van der Waals surface area (Å²) in [5, 5.41) is 14.9. The lowest BCUT2D eigenvalue weighted by molar-refractivity contribution is -0.117. The molecule has 33 heavy (non-hydrogen) atoms. The van der Waals surface area contributed by atoms with Crippen LogP contribution in [0.15, 0.2) is 35.5 Å². The van der Waals surface area contributed by atoms with E-state index in [9.17, 15) is 18.4 Å². The number of amides is 1. The molecule has 174 valence electrons. The number of carbonyl (C=O) groups is 1. The highest BCUT2D eigenvalue weighted by Crippen LogP contribution is 2.66. The first kappa shape index (κ1) is 21.5. The fourth-order valence-electron chi connectivity index (χ4n) is 4.61. The number of fused-ring (bicyclic) bond motifs is 1. The third kappa shape index (κ3) is 3.85. The second-order valence-corrected chi connectivity index (χ2v) is 9.28. The number of hydrogen-bond acceptors (Lipinski definition) is 6. The molecule has 11 heteroatoms. The number of alkyl halides is 2. The highest BCUT2D eigenvalue weighted by atomic mass is 19.3. The summed E-state index contributed by atoms with van der Waals surface area (Å²) in [6.45, 7) is 4.60. The predicted molar refractivity (Wildman–Crippen MR) is 118 cm³/mol. The molecule has 0 aromatic carbocycles. The molecule has 3 aromatic heterocycles. The quantitative estimate of drug-likeness (QED) is 0.633. The summed E-state index contributed by atoms with van der Waals surface area (Å²) >= 11 is 0. The number of pyridine rings is 1. The molecule has 1 spiro atoms. The van der Waals surface area contributed by atoms with Gasteiger partial charge in [-0.2, -0.15) is 5.10 Å². The number of carbonyl (C=O) groups excluding carboxylic acids is 1. The van der Waals surface area contributed by atoms with Gasteiger partial charge in [0, 0.05) is 37.2 Å². The molecule has 1 aliphatic carbocycles. The monoisotopic (exact) mass is 457 g/mol. The minimum atomic E-state index is -2.56. The van der Waals surface area contributed by atoms with E-state index >= 15 is 0 Å². The van der Waals surface area contributed by atoms with Gasteiger partial charge >= 0.3 is 0 Å². The van der Waals surface area contributed by atoms with Gasteiger partial charge in [-0.3, -0.25) is 14.0 Å². The van der Waals surface area contributed by atoms with Gasteiger partial charge in [0.05, 0.1) is 17.1 Å². The van der Waals surface area contributed by atoms with E-state index in [0.717, 1.165) is 4.68 Å². The third-order valence-electron chi connectivity index (χ3n) is 6.69. The maximum Gasteiger partial charge on any atom is 0.269 e. The largest absolute Gasteiger partial charge is 0.370 e. The molecular formula is C22H25F2N7O2. The van der Waals surface area contributed by atoms with E-state index in [1.165, 1.54) is 12.4 Å². The SMILES string of the molecule is CC(C)c1nn(CC(=O)Nc2ccc3nncn3c2)c(=O)cc1N1CCC2(CC1)CC2(F)F. The molecule has 1 amide bonds. The van der Waals surface area contributed by atoms with E-state index in [-0.39, 0.29) is 18.9 Å². The van der Waals surface area contributed by atoms with Gasteiger partial charge in [0.2, 0.25) is 5.91 Å². The van der Waals surface area contributed by atoms with Crippen molar-refractivity contribution in [3.63, 3.8) is 0 Å². The van der Waals surface area contributed by atoms with Crippen molar-refractivity contribution in [1.29, 1.82) is 0 Å². The van der Waals surface area contributed by atoms with Crippen molar-refractivity contribution in [2.75, 3.05) is 23.3 Å². The number of nitrogens with one attached hydrogen (secondary N) is 1. The fourth-order valence-corrected chi connectivity index (χ4v) is 4.61. The van der Waals surface area contributed by atoms with Gasteiger partial charge in [-0.25, -0.2) is 13.5 Å². The van der Waals surface area contributed by atoms with Crippen LogP contribution < -0.4 is 15.8 Å². The highest BCUT2D eigenvalue weighted by molar-refractivity contribution is 5.90. The Morgan fingerprint density at radius 3 is 2.64 bits per heavy atom. The second kappa shape index (κ2) is 7.60. The Labute approximate surface area is 188 Å². The molecule has 3 aromatic rings. The summed E-state index contributed by atoms with van der Waals surface area (Å²) < 4.78 is 30.3. The van der Waals surface area contributed by atoms with E-state index in [1.807, 2.05) is 18.7 Å². The number of anilines is 2. The number of hydrogen-bond donors (Lipinski definition) is 1. The first-order chi connectivity index (χ1) is 15.7. The van der Waals surface area contributed by atoms with Crippen LogP contribution in [0.4, 0.5) is 20.2 Å². The van der Waals surface area contributed by atoms with Crippen molar-refractivity contribution in [2.45, 2.75) is 51.5 Å². The smallest absolute Gasteiger partial charge is 0.269 e. The number of rotatable bonds is 5. The van der Waals surface area contributed by atoms with Crippen molar-refractivity contribution in [3.05, 3.63) is 46.8 Å². The van der Waals surface area contributed by atoms with Crippen molar-refractivity contribution < 1.29 is 13.6 Å². The maximum atomic E-state index is 13.7. The molecule has 1 saturated carbocycles. The van der Waals surface area contributed by atoms with Crippen molar-refractivity contribution in [3.8, 4) is 0 Å². The molecule has 0 unspecified atom stereocenters. The van der Waals surface area contributed by atoms with Crippen molar-refractivity contribution >= 4 is 22.9 Å². The van der Waals surface area contributed by atoms with Crippen LogP contribution in [0.5, 0.6) is 0 Å². The molecular weight excluding hydrogens is 432 g/mol. The topological polar surface area (TPSA) is 97.4 Å². The minimum absolute atomic E-state index is 0.00990. The van der Waals surface area contributed by atoms with E-state index in [0.29, 0.717) is 48.6 Å². The third-order valence-corrected chi connectivity index (χ3v) is 6.69. The number of piperidine rings is 1. The predicted octanol–water partition coefficient (Wildman–Crippen LogP) is 2.67. The first-order valence-corrected chi connectivity index (χ1v) is 11.0. The Morgan fingerprint density at radius 1 is 1.24 bits per heavy atom. The van der Waals surface area contributed by atoms with Crippen molar-refractivity contribution in [1.82, 2.24) is 24.4 Å². The van der Waals surface area contributed by atoms with Gasteiger partial charge in [-0.05, 0) is 30.9 Å². The van der Waals surface area contributed by atoms with Gasteiger partial charge in [-0.15, -0.1) is 10.2 Å². The molecule has 1 aliphatic heterocycles. The number of aromatic nitrogens is 5. The van der Waals surface area contributed by atoms with Crippen LogP contribution >= 0.6 is 0 Å². The summed E-state index contributed by atoms with van der Waals surface area (Å²) in [7, 11) is 0. The summed E-state index contributed by atoms with van der Waals surface area (Å²) in [4.78, 5) is 27.3. The Bertz CT molecular complexity index is 1280.